The number of carboxylic acid groups (broad SMARTS) is 2. The molecule has 0 aliphatic rings. The van der Waals surface area contributed by atoms with Crippen molar-refractivity contribution in [3.05, 3.63) is 168 Å². The highest BCUT2D eigenvalue weighted by atomic mass is 16.4. The average Bonchev–Trinajstić information content (AvgIpc) is 3.12. The summed E-state index contributed by atoms with van der Waals surface area (Å²) in [6.45, 7) is 0. The first-order valence-corrected chi connectivity index (χ1v) is 14.7. The molecule has 2 aromatic carbocycles. The number of pyridine rings is 4. The summed E-state index contributed by atoms with van der Waals surface area (Å²) in [7, 11) is 0. The molecule has 0 amide bonds. The number of carbonyl (C=O) groups is 2. The minimum absolute atomic E-state index is 0.140. The fraction of sp³-hybridized carbons (Fsp3) is 0. The van der Waals surface area contributed by atoms with Gasteiger partial charge >= 0.3 is 11.9 Å². The molecule has 6 aromatic rings. The van der Waals surface area contributed by atoms with E-state index < -0.39 is 11.9 Å². The van der Waals surface area contributed by atoms with Crippen LogP contribution in [0.5, 0.6) is 11.5 Å². The highest BCUT2D eigenvalue weighted by Crippen LogP contribution is 2.20. The number of hydrogen-bond acceptors (Lipinski definition) is 10. The first-order valence-electron chi connectivity index (χ1n) is 14.7. The first kappa shape index (κ1) is 37.1. The Morgan fingerprint density at radius 2 is 0.680 bits per heavy atom. The minimum Gasteiger partial charge on any atom is -0.507 e. The third-order valence-electron chi connectivity index (χ3n) is 6.27. The van der Waals surface area contributed by atoms with Crippen molar-refractivity contribution in [1.82, 2.24) is 19.9 Å². The molecule has 0 atom stereocenters. The van der Waals surface area contributed by atoms with E-state index in [0.717, 1.165) is 22.3 Å². The van der Waals surface area contributed by atoms with Gasteiger partial charge in [0.2, 0.25) is 0 Å². The average molecular weight is 671 g/mol. The summed E-state index contributed by atoms with van der Waals surface area (Å²) in [5, 5.41) is 34.9. The number of aromatic hydroxyl groups is 2. The smallest absolute Gasteiger partial charge is 0.339 e. The number of nitrogen functional groups attached to an aromatic ring is 2. The lowest BCUT2D eigenvalue weighted by Crippen LogP contribution is -1.97. The molecule has 0 aliphatic heterocycles. The van der Waals surface area contributed by atoms with Gasteiger partial charge in [-0.3, -0.25) is 19.9 Å². The Morgan fingerprint density at radius 3 is 0.880 bits per heavy atom. The topological polar surface area (TPSA) is 219 Å². The molecule has 6 rings (SSSR count). The van der Waals surface area contributed by atoms with E-state index in [4.69, 9.17) is 31.9 Å². The number of rotatable bonds is 6. The molecule has 4 aromatic heterocycles. The molecule has 12 nitrogen and oxygen atoms in total. The summed E-state index contributed by atoms with van der Waals surface area (Å²) in [5.41, 5.74) is 15.6. The third kappa shape index (κ3) is 13.6. The normalized spacial score (nSPS) is 10.1. The van der Waals surface area contributed by atoms with Gasteiger partial charge in [-0.25, -0.2) is 9.59 Å². The molecule has 0 radical (unpaired) electrons. The molecular formula is C38H34N6O6. The fourth-order valence-corrected chi connectivity index (χ4v) is 3.74. The number of aromatic nitrogens is 4. The second kappa shape index (κ2) is 20.0. The maximum Gasteiger partial charge on any atom is 0.339 e. The summed E-state index contributed by atoms with van der Waals surface area (Å²) < 4.78 is 0. The van der Waals surface area contributed by atoms with Crippen molar-refractivity contribution in [2.45, 2.75) is 0 Å². The molecule has 0 saturated heterocycles. The van der Waals surface area contributed by atoms with Crippen molar-refractivity contribution in [3.63, 3.8) is 0 Å². The SMILES string of the molecule is C(=C\c1ccncc1)/c1ccncc1.C(=C\c1ccncc1)/c1ccncc1.Nc1ccc(C(=O)O)c(O)c1.Nc1ccc(C(=O)O)c(O)c1. The van der Waals surface area contributed by atoms with Crippen LogP contribution in [0.25, 0.3) is 24.3 Å². The molecule has 8 N–H and O–H groups in total. The van der Waals surface area contributed by atoms with Gasteiger partial charge in [-0.2, -0.15) is 0 Å². The van der Waals surface area contributed by atoms with Gasteiger partial charge in [-0.1, -0.05) is 24.3 Å². The van der Waals surface area contributed by atoms with Crippen molar-refractivity contribution < 1.29 is 30.0 Å². The van der Waals surface area contributed by atoms with Gasteiger partial charge in [-0.15, -0.1) is 0 Å². The Labute approximate surface area is 288 Å². The molecule has 0 unspecified atom stereocenters. The standard InChI is InChI=1S/2C12H10N2.2C7H7NO3/c2*1(11-3-7-13-8-4-11)2-12-5-9-14-10-6-12;2*8-4-1-2-5(7(10)11)6(9)3-4/h2*1-10H;2*1-3,9H,8H2,(H,10,11)/b2*2-1+;;. The van der Waals surface area contributed by atoms with Crippen LogP contribution >= 0.6 is 0 Å². The molecule has 50 heavy (non-hydrogen) atoms. The number of aromatic carboxylic acids is 2. The fourth-order valence-electron chi connectivity index (χ4n) is 3.74. The van der Waals surface area contributed by atoms with Gasteiger partial charge in [0.25, 0.3) is 0 Å². The van der Waals surface area contributed by atoms with E-state index in [1.165, 1.54) is 36.4 Å². The quantitative estimate of drug-likeness (QED) is 0.103. The van der Waals surface area contributed by atoms with Crippen LogP contribution in [-0.4, -0.2) is 52.3 Å². The Kier molecular flexibility index (Phi) is 14.9. The second-order valence-corrected chi connectivity index (χ2v) is 9.95. The summed E-state index contributed by atoms with van der Waals surface area (Å²) in [5.74, 6) is -2.94. The Balaban J connectivity index is 0.000000182. The van der Waals surface area contributed by atoms with Gasteiger partial charge in [-0.05, 0) is 95.1 Å². The molecule has 0 spiro atoms. The Bertz CT molecular complexity index is 1760. The van der Waals surface area contributed by atoms with Crippen LogP contribution in [0.1, 0.15) is 43.0 Å². The van der Waals surface area contributed by atoms with Crippen LogP contribution in [0.4, 0.5) is 11.4 Å². The van der Waals surface area contributed by atoms with Crippen molar-refractivity contribution in [1.29, 1.82) is 0 Å². The number of anilines is 2. The predicted octanol–water partition coefficient (Wildman–Crippen LogP) is 6.64. The maximum atomic E-state index is 10.3. The summed E-state index contributed by atoms with van der Waals surface area (Å²) in [4.78, 5) is 36.5. The first-order chi connectivity index (χ1) is 24.1. The van der Waals surface area contributed by atoms with Crippen molar-refractivity contribution in [2.75, 3.05) is 11.5 Å². The van der Waals surface area contributed by atoms with Gasteiger partial charge < -0.3 is 31.9 Å². The predicted molar refractivity (Wildman–Crippen MR) is 194 cm³/mol. The van der Waals surface area contributed by atoms with E-state index in [0.29, 0.717) is 11.4 Å². The van der Waals surface area contributed by atoms with Crippen molar-refractivity contribution in [3.8, 4) is 11.5 Å². The molecule has 12 heteroatoms. The van der Waals surface area contributed by atoms with E-state index in [-0.39, 0.29) is 22.6 Å². The van der Waals surface area contributed by atoms with Crippen LogP contribution < -0.4 is 11.5 Å². The number of nitrogens with two attached hydrogens (primary N) is 2. The molecular weight excluding hydrogens is 636 g/mol. The largest absolute Gasteiger partial charge is 0.507 e. The van der Waals surface area contributed by atoms with E-state index in [2.05, 4.69) is 44.2 Å². The van der Waals surface area contributed by atoms with Gasteiger partial charge in [0.1, 0.15) is 22.6 Å². The molecule has 0 saturated carbocycles. The Hall–Kier alpha value is -7.34. The van der Waals surface area contributed by atoms with Crippen LogP contribution in [-0.2, 0) is 0 Å². The van der Waals surface area contributed by atoms with E-state index >= 15 is 0 Å². The number of phenols is 2. The summed E-state index contributed by atoms with van der Waals surface area (Å²) in [6.07, 6.45) is 22.5. The third-order valence-corrected chi connectivity index (χ3v) is 6.27. The number of hydrogen-bond donors (Lipinski definition) is 6. The van der Waals surface area contributed by atoms with E-state index in [1.807, 2.05) is 48.5 Å². The van der Waals surface area contributed by atoms with Gasteiger partial charge in [0.05, 0.1) is 0 Å². The summed E-state index contributed by atoms with van der Waals surface area (Å²) in [6, 6.07) is 23.5. The summed E-state index contributed by atoms with van der Waals surface area (Å²) >= 11 is 0. The van der Waals surface area contributed by atoms with E-state index in [9.17, 15) is 9.59 Å². The highest BCUT2D eigenvalue weighted by Gasteiger charge is 2.08. The zero-order valence-corrected chi connectivity index (χ0v) is 26.6. The lowest BCUT2D eigenvalue weighted by Gasteiger charge is -1.98. The zero-order chi connectivity index (χ0) is 36.1. The van der Waals surface area contributed by atoms with Crippen LogP contribution in [0.3, 0.4) is 0 Å². The zero-order valence-electron chi connectivity index (χ0n) is 26.6. The molecule has 252 valence electrons. The van der Waals surface area contributed by atoms with Gasteiger partial charge in [0, 0.05) is 73.1 Å². The highest BCUT2D eigenvalue weighted by molar-refractivity contribution is 5.91. The monoisotopic (exact) mass is 670 g/mol. The lowest BCUT2D eigenvalue weighted by atomic mass is 10.2. The van der Waals surface area contributed by atoms with Crippen molar-refractivity contribution in [2.24, 2.45) is 0 Å². The molecule has 4 heterocycles. The number of nitrogens with zero attached hydrogens (tertiary/aromatic N) is 4. The lowest BCUT2D eigenvalue weighted by molar-refractivity contribution is 0.0682. The van der Waals surface area contributed by atoms with Crippen LogP contribution in [0, 0.1) is 0 Å². The van der Waals surface area contributed by atoms with Crippen molar-refractivity contribution >= 4 is 47.6 Å². The molecule has 0 bridgehead atoms. The minimum atomic E-state index is -1.16. The number of benzene rings is 2. The van der Waals surface area contributed by atoms with Crippen LogP contribution in [0.15, 0.2) is 135 Å². The molecule has 0 aliphatic carbocycles. The second-order valence-electron chi connectivity index (χ2n) is 9.95. The Morgan fingerprint density at radius 1 is 0.440 bits per heavy atom. The van der Waals surface area contributed by atoms with Gasteiger partial charge in [0.15, 0.2) is 0 Å². The number of carboxylic acids is 2. The molecule has 0 fully saturated rings. The van der Waals surface area contributed by atoms with E-state index in [1.54, 1.807) is 49.6 Å². The van der Waals surface area contributed by atoms with Crippen LogP contribution in [0.2, 0.25) is 0 Å². The maximum absolute atomic E-state index is 10.3.